The molecule has 0 aromatic carbocycles. The first-order valence-electron chi connectivity index (χ1n) is 5.49. The molecule has 6 heteroatoms. The largest absolute Gasteiger partial charge is 0.360 e. The van der Waals surface area contributed by atoms with Gasteiger partial charge in [-0.05, 0) is 12.3 Å². The predicted molar refractivity (Wildman–Crippen MR) is 65.9 cm³/mol. The zero-order valence-corrected chi connectivity index (χ0v) is 10.7. The number of amides is 1. The maximum atomic E-state index is 11.6. The van der Waals surface area contributed by atoms with Gasteiger partial charge >= 0.3 is 0 Å². The summed E-state index contributed by atoms with van der Waals surface area (Å²) in [6, 6.07) is 0. The molecule has 0 saturated carbocycles. The van der Waals surface area contributed by atoms with Crippen molar-refractivity contribution >= 4 is 22.4 Å². The second-order valence-corrected chi connectivity index (χ2v) is 4.92. The SMILES string of the molecule is CCCNc1nnc(C(=O)NCC(C)C)s1. The Hall–Kier alpha value is -1.17. The topological polar surface area (TPSA) is 66.9 Å². The fourth-order valence-electron chi connectivity index (χ4n) is 0.991. The van der Waals surface area contributed by atoms with Crippen molar-refractivity contribution in [3.63, 3.8) is 0 Å². The number of nitrogens with zero attached hydrogens (tertiary/aromatic N) is 2. The summed E-state index contributed by atoms with van der Waals surface area (Å²) in [5.41, 5.74) is 0. The van der Waals surface area contributed by atoms with Gasteiger partial charge in [-0.1, -0.05) is 32.1 Å². The molecule has 0 spiro atoms. The normalized spacial score (nSPS) is 10.5. The van der Waals surface area contributed by atoms with E-state index >= 15 is 0 Å². The van der Waals surface area contributed by atoms with Crippen molar-refractivity contribution in [2.75, 3.05) is 18.4 Å². The molecule has 1 amide bonds. The van der Waals surface area contributed by atoms with Crippen molar-refractivity contribution in [3.05, 3.63) is 5.01 Å². The molecule has 1 heterocycles. The highest BCUT2D eigenvalue weighted by atomic mass is 32.1. The Labute approximate surface area is 99.7 Å². The Kier molecular flexibility index (Phi) is 5.18. The summed E-state index contributed by atoms with van der Waals surface area (Å²) in [5, 5.41) is 14.8. The van der Waals surface area contributed by atoms with Crippen molar-refractivity contribution in [2.24, 2.45) is 5.92 Å². The van der Waals surface area contributed by atoms with Crippen LogP contribution in [0.5, 0.6) is 0 Å². The van der Waals surface area contributed by atoms with E-state index in [0.717, 1.165) is 13.0 Å². The predicted octanol–water partition coefficient (Wildman–Crippen LogP) is 1.75. The van der Waals surface area contributed by atoms with Gasteiger partial charge in [0.15, 0.2) is 0 Å². The molecule has 1 aromatic rings. The number of anilines is 1. The third-order valence-corrected chi connectivity index (χ3v) is 2.70. The molecule has 0 aliphatic carbocycles. The number of nitrogens with one attached hydrogen (secondary N) is 2. The molecule has 0 bridgehead atoms. The first kappa shape index (κ1) is 12.9. The van der Waals surface area contributed by atoms with Crippen LogP contribution in [0.2, 0.25) is 0 Å². The Bertz CT molecular complexity index is 337. The van der Waals surface area contributed by atoms with Gasteiger partial charge in [0.1, 0.15) is 0 Å². The molecule has 0 aliphatic heterocycles. The average Bonchev–Trinajstić information content (AvgIpc) is 2.71. The molecule has 2 N–H and O–H groups in total. The van der Waals surface area contributed by atoms with E-state index in [4.69, 9.17) is 0 Å². The lowest BCUT2D eigenvalue weighted by molar-refractivity contribution is 0.0948. The lowest BCUT2D eigenvalue weighted by atomic mass is 10.2. The first-order valence-corrected chi connectivity index (χ1v) is 6.30. The third-order valence-electron chi connectivity index (χ3n) is 1.82. The van der Waals surface area contributed by atoms with Crippen LogP contribution in [0, 0.1) is 5.92 Å². The van der Waals surface area contributed by atoms with Crippen LogP contribution in [0.3, 0.4) is 0 Å². The number of carbonyl (C=O) groups is 1. The molecule has 1 aromatic heterocycles. The van der Waals surface area contributed by atoms with Gasteiger partial charge in [-0.3, -0.25) is 4.79 Å². The molecule has 16 heavy (non-hydrogen) atoms. The van der Waals surface area contributed by atoms with Crippen molar-refractivity contribution in [3.8, 4) is 0 Å². The standard InChI is InChI=1S/C10H18N4OS/c1-4-5-11-10-14-13-9(16-10)8(15)12-6-7(2)3/h7H,4-6H2,1-3H3,(H,11,14)(H,12,15). The summed E-state index contributed by atoms with van der Waals surface area (Å²) >= 11 is 1.29. The van der Waals surface area contributed by atoms with Crippen LogP contribution in [0.25, 0.3) is 0 Å². The van der Waals surface area contributed by atoms with Gasteiger partial charge in [0, 0.05) is 13.1 Å². The Morgan fingerprint density at radius 2 is 2.19 bits per heavy atom. The molecular formula is C10H18N4OS. The minimum atomic E-state index is -0.143. The van der Waals surface area contributed by atoms with Crippen molar-refractivity contribution in [1.29, 1.82) is 0 Å². The number of aromatic nitrogens is 2. The number of rotatable bonds is 6. The van der Waals surface area contributed by atoms with Gasteiger partial charge in [0.25, 0.3) is 5.91 Å². The molecular weight excluding hydrogens is 224 g/mol. The highest BCUT2D eigenvalue weighted by Gasteiger charge is 2.12. The van der Waals surface area contributed by atoms with Crippen LogP contribution >= 0.6 is 11.3 Å². The summed E-state index contributed by atoms with van der Waals surface area (Å²) in [6.45, 7) is 7.69. The van der Waals surface area contributed by atoms with Crippen LogP contribution in [-0.2, 0) is 0 Å². The van der Waals surface area contributed by atoms with E-state index in [0.29, 0.717) is 22.6 Å². The van der Waals surface area contributed by atoms with Crippen LogP contribution < -0.4 is 10.6 Å². The lowest BCUT2D eigenvalue weighted by Gasteiger charge is -2.04. The van der Waals surface area contributed by atoms with E-state index in [9.17, 15) is 4.79 Å². The van der Waals surface area contributed by atoms with E-state index in [2.05, 4.69) is 41.6 Å². The van der Waals surface area contributed by atoms with Crippen molar-refractivity contribution < 1.29 is 4.79 Å². The highest BCUT2D eigenvalue weighted by molar-refractivity contribution is 7.17. The number of hydrogen-bond donors (Lipinski definition) is 2. The van der Waals surface area contributed by atoms with Crippen molar-refractivity contribution in [1.82, 2.24) is 15.5 Å². The molecule has 0 atom stereocenters. The van der Waals surface area contributed by atoms with Crippen LogP contribution in [0.1, 0.15) is 37.0 Å². The van der Waals surface area contributed by atoms with E-state index in [1.54, 1.807) is 0 Å². The number of hydrogen-bond acceptors (Lipinski definition) is 5. The fourth-order valence-corrected chi connectivity index (χ4v) is 1.68. The number of carbonyl (C=O) groups excluding carboxylic acids is 1. The molecule has 0 unspecified atom stereocenters. The monoisotopic (exact) mass is 242 g/mol. The molecule has 0 aliphatic rings. The van der Waals surface area contributed by atoms with Gasteiger partial charge in [0.05, 0.1) is 0 Å². The van der Waals surface area contributed by atoms with Crippen LogP contribution in [0.15, 0.2) is 0 Å². The smallest absolute Gasteiger partial charge is 0.282 e. The van der Waals surface area contributed by atoms with Gasteiger partial charge in [-0.25, -0.2) is 0 Å². The summed E-state index contributed by atoms with van der Waals surface area (Å²) in [4.78, 5) is 11.6. The maximum Gasteiger partial charge on any atom is 0.282 e. The van der Waals surface area contributed by atoms with Gasteiger partial charge in [-0.2, -0.15) is 0 Å². The van der Waals surface area contributed by atoms with Crippen LogP contribution in [0.4, 0.5) is 5.13 Å². The van der Waals surface area contributed by atoms with Gasteiger partial charge in [0.2, 0.25) is 10.1 Å². The van der Waals surface area contributed by atoms with Crippen molar-refractivity contribution in [2.45, 2.75) is 27.2 Å². The summed E-state index contributed by atoms with van der Waals surface area (Å²) < 4.78 is 0. The zero-order valence-electron chi connectivity index (χ0n) is 9.91. The molecule has 5 nitrogen and oxygen atoms in total. The molecule has 1 rings (SSSR count). The quantitative estimate of drug-likeness (QED) is 0.797. The summed E-state index contributed by atoms with van der Waals surface area (Å²) in [5.74, 6) is 0.297. The van der Waals surface area contributed by atoms with E-state index < -0.39 is 0 Å². The molecule has 90 valence electrons. The molecule has 0 saturated heterocycles. The Morgan fingerprint density at radius 3 is 2.81 bits per heavy atom. The lowest BCUT2D eigenvalue weighted by Crippen LogP contribution is -2.27. The van der Waals surface area contributed by atoms with E-state index in [-0.39, 0.29) is 5.91 Å². The van der Waals surface area contributed by atoms with Crippen LogP contribution in [-0.4, -0.2) is 29.2 Å². The first-order chi connectivity index (χ1) is 7.63. The van der Waals surface area contributed by atoms with Gasteiger partial charge < -0.3 is 10.6 Å². The molecule has 0 radical (unpaired) electrons. The highest BCUT2D eigenvalue weighted by Crippen LogP contribution is 2.14. The summed E-state index contributed by atoms with van der Waals surface area (Å²) in [6.07, 6.45) is 1.02. The third kappa shape index (κ3) is 4.14. The van der Waals surface area contributed by atoms with E-state index in [1.165, 1.54) is 11.3 Å². The Morgan fingerprint density at radius 1 is 1.44 bits per heavy atom. The Balaban J connectivity index is 2.46. The zero-order chi connectivity index (χ0) is 12.0. The van der Waals surface area contributed by atoms with E-state index in [1.807, 2.05) is 0 Å². The second kappa shape index (κ2) is 6.42. The summed E-state index contributed by atoms with van der Waals surface area (Å²) in [7, 11) is 0. The van der Waals surface area contributed by atoms with Gasteiger partial charge in [-0.15, -0.1) is 10.2 Å². The fraction of sp³-hybridized carbons (Fsp3) is 0.700. The minimum Gasteiger partial charge on any atom is -0.360 e. The minimum absolute atomic E-state index is 0.143. The maximum absolute atomic E-state index is 11.6. The molecule has 0 fully saturated rings. The second-order valence-electron chi connectivity index (χ2n) is 3.94. The average molecular weight is 242 g/mol.